The average molecular weight is 361 g/mol. The van der Waals surface area contributed by atoms with Gasteiger partial charge in [0, 0.05) is 20.4 Å². The van der Waals surface area contributed by atoms with Crippen LogP contribution in [0.4, 0.5) is 11.5 Å². The van der Waals surface area contributed by atoms with E-state index < -0.39 is 0 Å². The molecule has 0 aliphatic heterocycles. The van der Waals surface area contributed by atoms with Gasteiger partial charge in [-0.05, 0) is 30.3 Å². The molecule has 106 valence electrons. The standard InChI is InChI=1S/C15H13BrN4S/c16-9-5-6-11(17)13(7-9)21-8-14-19-12-4-2-1-3-10(12)15(18)20-14/h1-7H,8,17H2,(H2,18,19,20). The van der Waals surface area contributed by atoms with Crippen molar-refractivity contribution in [2.24, 2.45) is 0 Å². The highest BCUT2D eigenvalue weighted by atomic mass is 79.9. The molecule has 0 amide bonds. The maximum Gasteiger partial charge on any atom is 0.141 e. The summed E-state index contributed by atoms with van der Waals surface area (Å²) < 4.78 is 0.998. The van der Waals surface area contributed by atoms with Crippen LogP contribution in [0.15, 0.2) is 51.8 Å². The van der Waals surface area contributed by atoms with E-state index in [-0.39, 0.29) is 0 Å². The average Bonchev–Trinajstić information content (AvgIpc) is 2.48. The van der Waals surface area contributed by atoms with Gasteiger partial charge in [-0.3, -0.25) is 0 Å². The van der Waals surface area contributed by atoms with Crippen molar-refractivity contribution < 1.29 is 0 Å². The number of nitrogens with zero attached hydrogens (tertiary/aromatic N) is 2. The van der Waals surface area contributed by atoms with E-state index in [9.17, 15) is 0 Å². The zero-order valence-electron chi connectivity index (χ0n) is 11.1. The number of halogens is 1. The molecule has 0 aliphatic rings. The fraction of sp³-hybridized carbons (Fsp3) is 0.0667. The molecule has 3 aromatic rings. The van der Waals surface area contributed by atoms with E-state index in [0.29, 0.717) is 17.4 Å². The van der Waals surface area contributed by atoms with E-state index >= 15 is 0 Å². The van der Waals surface area contributed by atoms with Crippen molar-refractivity contribution in [3.8, 4) is 0 Å². The second-order valence-corrected chi connectivity index (χ2v) is 6.45. The summed E-state index contributed by atoms with van der Waals surface area (Å²) in [6.07, 6.45) is 0. The smallest absolute Gasteiger partial charge is 0.141 e. The van der Waals surface area contributed by atoms with Gasteiger partial charge >= 0.3 is 0 Å². The van der Waals surface area contributed by atoms with E-state index in [1.54, 1.807) is 11.8 Å². The first-order chi connectivity index (χ1) is 10.1. The van der Waals surface area contributed by atoms with Gasteiger partial charge < -0.3 is 11.5 Å². The Labute approximate surface area is 135 Å². The number of nitrogen functional groups attached to an aromatic ring is 2. The minimum Gasteiger partial charge on any atom is -0.398 e. The van der Waals surface area contributed by atoms with E-state index in [1.807, 2.05) is 42.5 Å². The summed E-state index contributed by atoms with van der Waals surface area (Å²) in [5.74, 6) is 1.84. The van der Waals surface area contributed by atoms with E-state index in [0.717, 1.165) is 26.0 Å². The van der Waals surface area contributed by atoms with Crippen molar-refractivity contribution in [3.63, 3.8) is 0 Å². The van der Waals surface area contributed by atoms with Crippen LogP contribution in [0.3, 0.4) is 0 Å². The van der Waals surface area contributed by atoms with Gasteiger partial charge in [-0.2, -0.15) is 0 Å². The first-order valence-electron chi connectivity index (χ1n) is 6.32. The predicted molar refractivity (Wildman–Crippen MR) is 92.1 cm³/mol. The number of nitrogens with two attached hydrogens (primary N) is 2. The molecule has 4 N–H and O–H groups in total. The molecule has 0 bridgehead atoms. The molecule has 0 atom stereocenters. The quantitative estimate of drug-likeness (QED) is 0.547. The number of thioether (sulfide) groups is 1. The number of rotatable bonds is 3. The molecule has 0 unspecified atom stereocenters. The van der Waals surface area contributed by atoms with Crippen LogP contribution in [0.25, 0.3) is 10.9 Å². The lowest BCUT2D eigenvalue weighted by Gasteiger charge is -2.07. The summed E-state index contributed by atoms with van der Waals surface area (Å²) in [6.45, 7) is 0. The van der Waals surface area contributed by atoms with Gasteiger partial charge in [0.25, 0.3) is 0 Å². The third-order valence-corrected chi connectivity index (χ3v) is 4.57. The number of fused-ring (bicyclic) bond motifs is 1. The number of anilines is 2. The van der Waals surface area contributed by atoms with Crippen molar-refractivity contribution in [2.45, 2.75) is 10.6 Å². The molecule has 2 aromatic carbocycles. The molecule has 4 nitrogen and oxygen atoms in total. The Hall–Kier alpha value is -1.79. The van der Waals surface area contributed by atoms with Crippen molar-refractivity contribution in [2.75, 3.05) is 11.5 Å². The minimum atomic E-state index is 0.512. The van der Waals surface area contributed by atoms with Crippen molar-refractivity contribution in [3.05, 3.63) is 52.8 Å². The van der Waals surface area contributed by atoms with Gasteiger partial charge in [0.15, 0.2) is 0 Å². The molecule has 21 heavy (non-hydrogen) atoms. The van der Waals surface area contributed by atoms with Crippen molar-refractivity contribution in [1.82, 2.24) is 9.97 Å². The molecule has 0 aliphatic carbocycles. The van der Waals surface area contributed by atoms with E-state index in [2.05, 4.69) is 25.9 Å². The highest BCUT2D eigenvalue weighted by molar-refractivity contribution is 9.10. The first-order valence-corrected chi connectivity index (χ1v) is 8.10. The lowest BCUT2D eigenvalue weighted by Crippen LogP contribution is -2.00. The fourth-order valence-electron chi connectivity index (χ4n) is 1.99. The second-order valence-electron chi connectivity index (χ2n) is 4.51. The fourth-order valence-corrected chi connectivity index (χ4v) is 3.36. The Morgan fingerprint density at radius 1 is 1.05 bits per heavy atom. The molecule has 6 heteroatoms. The number of hydrogen-bond donors (Lipinski definition) is 2. The third-order valence-electron chi connectivity index (χ3n) is 3.01. The molecule has 1 heterocycles. The molecule has 0 fully saturated rings. The van der Waals surface area contributed by atoms with Gasteiger partial charge in [0.1, 0.15) is 11.6 Å². The topological polar surface area (TPSA) is 77.8 Å². The Morgan fingerprint density at radius 3 is 2.71 bits per heavy atom. The molecule has 0 spiro atoms. The van der Waals surface area contributed by atoms with Crippen LogP contribution in [0.2, 0.25) is 0 Å². The first kappa shape index (κ1) is 14.2. The maximum atomic E-state index is 5.99. The molecule has 1 aromatic heterocycles. The van der Waals surface area contributed by atoms with Crippen LogP contribution in [-0.2, 0) is 5.75 Å². The Bertz CT molecular complexity index is 807. The second kappa shape index (κ2) is 5.91. The number of para-hydroxylation sites is 1. The monoisotopic (exact) mass is 360 g/mol. The Balaban J connectivity index is 1.87. The third kappa shape index (κ3) is 3.11. The van der Waals surface area contributed by atoms with Gasteiger partial charge in [-0.1, -0.05) is 28.1 Å². The summed E-state index contributed by atoms with van der Waals surface area (Å²) >= 11 is 5.04. The van der Waals surface area contributed by atoms with Crippen LogP contribution >= 0.6 is 27.7 Å². The SMILES string of the molecule is Nc1ccc(Br)cc1SCc1nc(N)c2ccccc2n1. The molecular weight excluding hydrogens is 348 g/mol. The molecular formula is C15H13BrN4S. The minimum absolute atomic E-state index is 0.512. The summed E-state index contributed by atoms with van der Waals surface area (Å²) in [5.41, 5.74) is 13.6. The normalized spacial score (nSPS) is 10.9. The summed E-state index contributed by atoms with van der Waals surface area (Å²) in [5, 5.41) is 0.883. The number of benzene rings is 2. The zero-order valence-corrected chi connectivity index (χ0v) is 13.5. The lowest BCUT2D eigenvalue weighted by molar-refractivity contribution is 1.08. The molecule has 0 saturated carbocycles. The van der Waals surface area contributed by atoms with Crippen LogP contribution in [0.5, 0.6) is 0 Å². The van der Waals surface area contributed by atoms with Crippen molar-refractivity contribution >= 4 is 50.1 Å². The van der Waals surface area contributed by atoms with E-state index in [4.69, 9.17) is 11.5 Å². The molecule has 0 saturated heterocycles. The van der Waals surface area contributed by atoms with Gasteiger partial charge in [-0.25, -0.2) is 9.97 Å². The number of hydrogen-bond acceptors (Lipinski definition) is 5. The van der Waals surface area contributed by atoms with Crippen LogP contribution < -0.4 is 11.5 Å². The molecule has 3 rings (SSSR count). The van der Waals surface area contributed by atoms with Gasteiger partial charge in [-0.15, -0.1) is 11.8 Å². The van der Waals surface area contributed by atoms with Crippen LogP contribution in [0.1, 0.15) is 5.82 Å². The summed E-state index contributed by atoms with van der Waals surface area (Å²) in [7, 11) is 0. The van der Waals surface area contributed by atoms with Crippen molar-refractivity contribution in [1.29, 1.82) is 0 Å². The highest BCUT2D eigenvalue weighted by Crippen LogP contribution is 2.30. The zero-order chi connectivity index (χ0) is 14.8. The van der Waals surface area contributed by atoms with Crippen LogP contribution in [-0.4, -0.2) is 9.97 Å². The largest absolute Gasteiger partial charge is 0.398 e. The van der Waals surface area contributed by atoms with Crippen LogP contribution in [0, 0.1) is 0 Å². The van der Waals surface area contributed by atoms with Gasteiger partial charge in [0.2, 0.25) is 0 Å². The van der Waals surface area contributed by atoms with Gasteiger partial charge in [0.05, 0.1) is 11.3 Å². The summed E-state index contributed by atoms with van der Waals surface area (Å²) in [4.78, 5) is 9.90. The lowest BCUT2D eigenvalue weighted by atomic mass is 10.2. The highest BCUT2D eigenvalue weighted by Gasteiger charge is 2.07. The maximum absolute atomic E-state index is 5.99. The number of aromatic nitrogens is 2. The Morgan fingerprint density at radius 2 is 1.86 bits per heavy atom. The summed E-state index contributed by atoms with van der Waals surface area (Å²) in [6, 6.07) is 13.5. The predicted octanol–water partition coefficient (Wildman–Crippen LogP) is 3.85. The van der Waals surface area contributed by atoms with E-state index in [1.165, 1.54) is 0 Å². The molecule has 0 radical (unpaired) electrons. The Kier molecular flexibility index (Phi) is 3.98.